The summed E-state index contributed by atoms with van der Waals surface area (Å²) in [4.78, 5) is 83.4. The van der Waals surface area contributed by atoms with Crippen LogP contribution in [0.15, 0.2) is 42.9 Å². The molecule has 2 heterocycles. The Morgan fingerprint density at radius 1 is 1.02 bits per heavy atom. The standard InChI is InChI=1S/C28H38N8O7/c29-19(8-9-23(30)37)25(40)34-20(13-17-5-2-1-3-6-17)26(41)35-21(14-18-15-31-16-33-18)28(43)36-12-4-7-22(36)27(42)32-11-10-24(38)39/h1-3,5-6,15-16,19-22H,4,7-14,29H2,(H2,30,37)(H,31,33)(H,32,42)(H,34,40)(H,35,41)(H,38,39)/t19-,20+,21-,22+/m0/s1. The van der Waals surface area contributed by atoms with Gasteiger partial charge in [0.15, 0.2) is 0 Å². The minimum atomic E-state index is -1.13. The van der Waals surface area contributed by atoms with Gasteiger partial charge in [-0.15, -0.1) is 0 Å². The molecule has 0 aliphatic carbocycles. The van der Waals surface area contributed by atoms with Gasteiger partial charge in [0.2, 0.25) is 29.5 Å². The second-order valence-electron chi connectivity index (χ2n) is 10.3. The first-order valence-electron chi connectivity index (χ1n) is 14.0. The van der Waals surface area contributed by atoms with Crippen LogP contribution in [-0.2, 0) is 41.6 Å². The van der Waals surface area contributed by atoms with E-state index in [1.54, 1.807) is 30.3 Å². The summed E-state index contributed by atoms with van der Waals surface area (Å²) in [5, 5.41) is 16.8. The molecule has 1 aromatic carbocycles. The number of benzene rings is 1. The lowest BCUT2D eigenvalue weighted by atomic mass is 10.0. The van der Waals surface area contributed by atoms with E-state index in [0.29, 0.717) is 18.5 Å². The number of nitrogens with two attached hydrogens (primary N) is 2. The zero-order valence-corrected chi connectivity index (χ0v) is 23.7. The van der Waals surface area contributed by atoms with Crippen LogP contribution in [0.1, 0.15) is 43.4 Å². The number of primary amides is 1. The Hall–Kier alpha value is -4.79. The molecule has 3 rings (SSSR count). The van der Waals surface area contributed by atoms with Crippen LogP contribution in [0.2, 0.25) is 0 Å². The summed E-state index contributed by atoms with van der Waals surface area (Å²) >= 11 is 0. The van der Waals surface area contributed by atoms with Gasteiger partial charge in [0.1, 0.15) is 18.1 Å². The number of likely N-dealkylation sites (tertiary alicyclic amines) is 1. The van der Waals surface area contributed by atoms with Crippen molar-refractivity contribution in [3.8, 4) is 0 Å². The van der Waals surface area contributed by atoms with Gasteiger partial charge in [0, 0.05) is 44.2 Å². The molecule has 2 aromatic rings. The highest BCUT2D eigenvalue weighted by molar-refractivity contribution is 5.95. The van der Waals surface area contributed by atoms with Crippen LogP contribution in [0.5, 0.6) is 0 Å². The number of carbonyl (C=O) groups excluding carboxylic acids is 5. The summed E-state index contributed by atoms with van der Waals surface area (Å²) in [6, 6.07) is 4.76. The fourth-order valence-corrected chi connectivity index (χ4v) is 4.77. The van der Waals surface area contributed by atoms with Gasteiger partial charge in [-0.25, -0.2) is 4.98 Å². The molecule has 0 bridgehead atoms. The first-order valence-corrected chi connectivity index (χ1v) is 14.0. The molecule has 0 spiro atoms. The van der Waals surface area contributed by atoms with E-state index in [-0.39, 0.29) is 45.2 Å². The van der Waals surface area contributed by atoms with Crippen molar-refractivity contribution in [1.82, 2.24) is 30.8 Å². The Labute approximate surface area is 248 Å². The van der Waals surface area contributed by atoms with Crippen molar-refractivity contribution < 1.29 is 33.9 Å². The fourth-order valence-electron chi connectivity index (χ4n) is 4.77. The number of aromatic nitrogens is 2. The van der Waals surface area contributed by atoms with E-state index in [9.17, 15) is 28.8 Å². The second-order valence-corrected chi connectivity index (χ2v) is 10.3. The maximum Gasteiger partial charge on any atom is 0.305 e. The highest BCUT2D eigenvalue weighted by atomic mass is 16.4. The quantitative estimate of drug-likeness (QED) is 0.117. The largest absolute Gasteiger partial charge is 0.481 e. The molecule has 1 aliphatic rings. The van der Waals surface area contributed by atoms with Crippen LogP contribution in [-0.4, -0.2) is 92.7 Å². The summed E-state index contributed by atoms with van der Waals surface area (Å²) in [5.74, 6) is -3.98. The second kappa shape index (κ2) is 16.0. The van der Waals surface area contributed by atoms with Crippen molar-refractivity contribution in [3.05, 3.63) is 54.1 Å². The Balaban J connectivity index is 1.79. The first kappa shape index (κ1) is 32.7. The number of carbonyl (C=O) groups is 6. The van der Waals surface area contributed by atoms with Gasteiger partial charge in [-0.05, 0) is 24.8 Å². The Morgan fingerprint density at radius 3 is 2.40 bits per heavy atom. The number of carboxylic acid groups (broad SMARTS) is 1. The van der Waals surface area contributed by atoms with Crippen LogP contribution in [0.4, 0.5) is 0 Å². The summed E-state index contributed by atoms with van der Waals surface area (Å²) in [5.41, 5.74) is 12.4. The van der Waals surface area contributed by atoms with Crippen LogP contribution >= 0.6 is 0 Å². The maximum atomic E-state index is 13.8. The molecule has 1 fully saturated rings. The molecule has 5 amide bonds. The Kier molecular flexibility index (Phi) is 12.2. The number of aliphatic carboxylic acids is 1. The van der Waals surface area contributed by atoms with Gasteiger partial charge in [0.25, 0.3) is 0 Å². The van der Waals surface area contributed by atoms with Gasteiger partial charge in [0.05, 0.1) is 18.8 Å². The molecule has 15 nitrogen and oxygen atoms in total. The summed E-state index contributed by atoms with van der Waals surface area (Å²) in [7, 11) is 0. The van der Waals surface area contributed by atoms with E-state index in [4.69, 9.17) is 16.6 Å². The number of amides is 5. The van der Waals surface area contributed by atoms with E-state index in [1.807, 2.05) is 0 Å². The smallest absolute Gasteiger partial charge is 0.305 e. The van der Waals surface area contributed by atoms with Crippen molar-refractivity contribution in [2.24, 2.45) is 11.5 Å². The molecular weight excluding hydrogens is 560 g/mol. The number of nitrogens with one attached hydrogen (secondary N) is 4. The van der Waals surface area contributed by atoms with Crippen molar-refractivity contribution >= 4 is 35.5 Å². The van der Waals surface area contributed by atoms with Gasteiger partial charge in [-0.1, -0.05) is 30.3 Å². The highest BCUT2D eigenvalue weighted by Crippen LogP contribution is 2.20. The van der Waals surface area contributed by atoms with Gasteiger partial charge in [-0.3, -0.25) is 28.8 Å². The topological polar surface area (TPSA) is 243 Å². The predicted octanol–water partition coefficient (Wildman–Crippen LogP) is -1.66. The molecule has 0 radical (unpaired) electrons. The van der Waals surface area contributed by atoms with E-state index in [0.717, 1.165) is 5.56 Å². The average Bonchev–Trinajstić information content (AvgIpc) is 3.67. The third-order valence-corrected chi connectivity index (χ3v) is 7.02. The molecule has 43 heavy (non-hydrogen) atoms. The number of carboxylic acids is 1. The van der Waals surface area contributed by atoms with Gasteiger partial charge in [-0.2, -0.15) is 0 Å². The lowest BCUT2D eigenvalue weighted by molar-refractivity contribution is -0.142. The van der Waals surface area contributed by atoms with Crippen molar-refractivity contribution in [2.75, 3.05) is 13.1 Å². The van der Waals surface area contributed by atoms with E-state index < -0.39 is 59.7 Å². The van der Waals surface area contributed by atoms with Crippen molar-refractivity contribution in [2.45, 2.75) is 69.1 Å². The number of H-pyrrole nitrogens is 1. The third kappa shape index (κ3) is 10.2. The summed E-state index contributed by atoms with van der Waals surface area (Å²) in [6.45, 7) is 0.188. The van der Waals surface area contributed by atoms with Gasteiger partial charge >= 0.3 is 5.97 Å². The Morgan fingerprint density at radius 2 is 1.74 bits per heavy atom. The maximum absolute atomic E-state index is 13.8. The number of imidazole rings is 1. The average molecular weight is 599 g/mol. The molecule has 9 N–H and O–H groups in total. The number of hydrogen-bond donors (Lipinski definition) is 7. The highest BCUT2D eigenvalue weighted by Gasteiger charge is 2.38. The van der Waals surface area contributed by atoms with Crippen LogP contribution in [0.25, 0.3) is 0 Å². The number of nitrogens with zero attached hydrogens (tertiary/aromatic N) is 2. The molecule has 1 aromatic heterocycles. The fraction of sp³-hybridized carbons (Fsp3) is 0.464. The number of hydrogen-bond acceptors (Lipinski definition) is 8. The molecule has 1 saturated heterocycles. The zero-order valence-electron chi connectivity index (χ0n) is 23.7. The number of aromatic amines is 1. The van der Waals surface area contributed by atoms with Crippen molar-refractivity contribution in [1.29, 1.82) is 0 Å². The minimum absolute atomic E-state index is 0.00729. The van der Waals surface area contributed by atoms with Crippen LogP contribution < -0.4 is 27.4 Å². The van der Waals surface area contributed by atoms with E-state index >= 15 is 0 Å². The molecule has 1 aliphatic heterocycles. The third-order valence-electron chi connectivity index (χ3n) is 7.02. The molecule has 4 atom stereocenters. The molecule has 232 valence electrons. The van der Waals surface area contributed by atoms with Crippen LogP contribution in [0.3, 0.4) is 0 Å². The van der Waals surface area contributed by atoms with Crippen molar-refractivity contribution in [3.63, 3.8) is 0 Å². The SMILES string of the molecule is NC(=O)CC[C@H](N)C(=O)N[C@H](Cc1ccccc1)C(=O)N[C@@H](Cc1cnc[nH]1)C(=O)N1CCC[C@@H]1C(=O)NCCC(=O)O. The Bertz CT molecular complexity index is 1270. The molecule has 0 unspecified atom stereocenters. The lowest BCUT2D eigenvalue weighted by Gasteiger charge is -2.30. The first-order chi connectivity index (χ1) is 20.5. The molecule has 15 heteroatoms. The van der Waals surface area contributed by atoms with Crippen LogP contribution in [0, 0.1) is 0 Å². The molecular formula is C28H38N8O7. The monoisotopic (exact) mass is 598 g/mol. The normalized spacial score (nSPS) is 16.5. The van der Waals surface area contributed by atoms with Gasteiger partial charge < -0.3 is 42.4 Å². The lowest BCUT2D eigenvalue weighted by Crippen LogP contribution is -2.58. The van der Waals surface area contributed by atoms with E-state index in [2.05, 4.69) is 25.9 Å². The zero-order chi connectivity index (χ0) is 31.4. The van der Waals surface area contributed by atoms with E-state index in [1.165, 1.54) is 17.4 Å². The minimum Gasteiger partial charge on any atom is -0.481 e. The summed E-state index contributed by atoms with van der Waals surface area (Å²) in [6.07, 6.45) is 3.61. The molecule has 0 saturated carbocycles. The number of rotatable bonds is 16. The summed E-state index contributed by atoms with van der Waals surface area (Å²) < 4.78 is 0. The predicted molar refractivity (Wildman–Crippen MR) is 153 cm³/mol.